The quantitative estimate of drug-likeness (QED) is 0.0785. The van der Waals surface area contributed by atoms with Gasteiger partial charge in [0, 0.05) is 28.2 Å². The van der Waals surface area contributed by atoms with Gasteiger partial charge in [-0.25, -0.2) is 9.59 Å². The van der Waals surface area contributed by atoms with Crippen LogP contribution in [0.5, 0.6) is 23.0 Å². The molecule has 0 spiro atoms. The molecule has 0 atom stereocenters. The van der Waals surface area contributed by atoms with Crippen molar-refractivity contribution in [3.8, 4) is 45.3 Å². The lowest BCUT2D eigenvalue weighted by Gasteiger charge is -2.26. The van der Waals surface area contributed by atoms with Gasteiger partial charge in [0.05, 0.1) is 0 Å². The zero-order valence-corrected chi connectivity index (χ0v) is 27.8. The summed E-state index contributed by atoms with van der Waals surface area (Å²) in [7, 11) is 0. The summed E-state index contributed by atoms with van der Waals surface area (Å²) in [4.78, 5) is 26.0. The van der Waals surface area contributed by atoms with Gasteiger partial charge in [0.1, 0.15) is 23.0 Å². The standard InChI is InChI=1S/C44H35NO5/c1-30(2)43(46)49-41-24-14-34(15-25-41)32-10-18-36(19-11-32)45(38-22-28-40(29-23-38)48-39-8-6-5-7-9-39)37-20-12-33(13-21-37)35-16-26-42(27-17-35)50-44(47)31(3)4/h5-29H,1,3H2,2,4H3. The van der Waals surface area contributed by atoms with E-state index >= 15 is 0 Å². The number of ether oxygens (including phenoxy) is 3. The van der Waals surface area contributed by atoms with Gasteiger partial charge in [-0.15, -0.1) is 0 Å². The van der Waals surface area contributed by atoms with Crippen LogP contribution in [0.2, 0.25) is 0 Å². The Balaban J connectivity index is 1.27. The van der Waals surface area contributed by atoms with Gasteiger partial charge in [-0.1, -0.05) is 79.9 Å². The summed E-state index contributed by atoms with van der Waals surface area (Å²) in [5.74, 6) is 1.54. The van der Waals surface area contributed by atoms with Crippen LogP contribution in [0.1, 0.15) is 13.8 Å². The molecule has 0 fully saturated rings. The lowest BCUT2D eigenvalue weighted by molar-refractivity contribution is -0.130. The second-order valence-electron chi connectivity index (χ2n) is 11.7. The number of rotatable bonds is 11. The molecule has 0 aliphatic rings. The van der Waals surface area contributed by atoms with Crippen molar-refractivity contribution in [3.05, 3.63) is 176 Å². The van der Waals surface area contributed by atoms with E-state index in [-0.39, 0.29) is 0 Å². The molecule has 0 saturated heterocycles. The first-order chi connectivity index (χ1) is 24.2. The number of para-hydroxylation sites is 1. The second kappa shape index (κ2) is 15.0. The first-order valence-corrected chi connectivity index (χ1v) is 16.0. The van der Waals surface area contributed by atoms with Crippen LogP contribution in [0.3, 0.4) is 0 Å². The molecule has 6 aromatic rings. The predicted molar refractivity (Wildman–Crippen MR) is 199 cm³/mol. The third-order valence-corrected chi connectivity index (χ3v) is 7.82. The first-order valence-electron chi connectivity index (χ1n) is 16.0. The van der Waals surface area contributed by atoms with Gasteiger partial charge in [-0.2, -0.15) is 0 Å². The minimum absolute atomic E-state index is 0.347. The fourth-order valence-corrected chi connectivity index (χ4v) is 5.16. The van der Waals surface area contributed by atoms with Crippen LogP contribution >= 0.6 is 0 Å². The summed E-state index contributed by atoms with van der Waals surface area (Å²) >= 11 is 0. The zero-order chi connectivity index (χ0) is 35.0. The Morgan fingerprint density at radius 1 is 0.420 bits per heavy atom. The Morgan fingerprint density at radius 3 is 1.08 bits per heavy atom. The van der Waals surface area contributed by atoms with Crippen molar-refractivity contribution in [1.29, 1.82) is 0 Å². The molecule has 0 aromatic heterocycles. The smallest absolute Gasteiger partial charge is 0.338 e. The molecule has 0 heterocycles. The van der Waals surface area contributed by atoms with Crippen molar-refractivity contribution in [2.45, 2.75) is 13.8 Å². The Labute approximate surface area is 292 Å². The molecule has 0 N–H and O–H groups in total. The fraction of sp³-hybridized carbons (Fsp3) is 0.0455. The summed E-state index contributed by atoms with van der Waals surface area (Å²) in [6.45, 7) is 10.5. The Morgan fingerprint density at radius 2 is 0.720 bits per heavy atom. The Hall–Kier alpha value is -6.66. The SMILES string of the molecule is C=C(C)C(=O)Oc1ccc(-c2ccc(N(c3ccc(Oc4ccccc4)cc3)c3ccc(-c4ccc(OC(=O)C(=C)C)cc4)cc3)cc2)cc1. The summed E-state index contributed by atoms with van der Waals surface area (Å²) in [5, 5.41) is 0. The van der Waals surface area contributed by atoms with E-state index in [1.54, 1.807) is 38.1 Å². The van der Waals surface area contributed by atoms with Gasteiger partial charge in [0.2, 0.25) is 0 Å². The van der Waals surface area contributed by atoms with E-state index in [0.29, 0.717) is 22.6 Å². The zero-order valence-electron chi connectivity index (χ0n) is 27.8. The minimum Gasteiger partial charge on any atom is -0.457 e. The highest BCUT2D eigenvalue weighted by atomic mass is 16.5. The van der Waals surface area contributed by atoms with Crippen LogP contribution in [0, 0.1) is 0 Å². The predicted octanol–water partition coefficient (Wildman–Crippen LogP) is 11.2. The fourth-order valence-electron chi connectivity index (χ4n) is 5.16. The van der Waals surface area contributed by atoms with Crippen molar-refractivity contribution >= 4 is 29.0 Å². The number of hydrogen-bond acceptors (Lipinski definition) is 6. The average Bonchev–Trinajstić information content (AvgIpc) is 3.14. The molecule has 0 bridgehead atoms. The maximum atomic E-state index is 11.9. The maximum Gasteiger partial charge on any atom is 0.338 e. The third kappa shape index (κ3) is 8.06. The number of hydrogen-bond donors (Lipinski definition) is 0. The molecule has 6 heteroatoms. The van der Waals surface area contributed by atoms with Gasteiger partial charge in [-0.05, 0) is 121 Å². The maximum absolute atomic E-state index is 11.9. The largest absolute Gasteiger partial charge is 0.457 e. The molecule has 0 saturated carbocycles. The van der Waals surface area contributed by atoms with Crippen LogP contribution in [0.15, 0.2) is 176 Å². The lowest BCUT2D eigenvalue weighted by atomic mass is 10.0. The van der Waals surface area contributed by atoms with E-state index in [2.05, 4.69) is 66.6 Å². The van der Waals surface area contributed by atoms with Crippen LogP contribution in [-0.2, 0) is 9.59 Å². The average molecular weight is 658 g/mol. The number of nitrogens with zero attached hydrogens (tertiary/aromatic N) is 1. The van der Waals surface area contributed by atoms with Crippen molar-refractivity contribution in [1.82, 2.24) is 0 Å². The summed E-state index contributed by atoms with van der Waals surface area (Å²) in [6, 6.07) is 49.1. The molecule has 6 nitrogen and oxygen atoms in total. The van der Waals surface area contributed by atoms with Crippen LogP contribution in [0.25, 0.3) is 22.3 Å². The molecule has 0 amide bonds. The number of benzene rings is 6. The van der Waals surface area contributed by atoms with Crippen LogP contribution in [0.4, 0.5) is 17.1 Å². The summed E-state index contributed by atoms with van der Waals surface area (Å²) < 4.78 is 16.7. The normalized spacial score (nSPS) is 10.5. The van der Waals surface area contributed by atoms with Gasteiger partial charge < -0.3 is 19.1 Å². The molecular weight excluding hydrogens is 622 g/mol. The van der Waals surface area contributed by atoms with Crippen molar-refractivity contribution in [3.63, 3.8) is 0 Å². The Bertz CT molecular complexity index is 2000. The number of carbonyl (C=O) groups excluding carboxylic acids is 2. The highest BCUT2D eigenvalue weighted by Crippen LogP contribution is 2.38. The highest BCUT2D eigenvalue weighted by molar-refractivity contribution is 5.89. The van der Waals surface area contributed by atoms with Crippen molar-refractivity contribution < 1.29 is 23.8 Å². The second-order valence-corrected chi connectivity index (χ2v) is 11.7. The molecule has 6 aromatic carbocycles. The van der Waals surface area contributed by atoms with Gasteiger partial charge >= 0.3 is 11.9 Å². The number of carbonyl (C=O) groups is 2. The number of anilines is 3. The molecule has 0 aliphatic heterocycles. The molecule has 0 radical (unpaired) electrons. The third-order valence-electron chi connectivity index (χ3n) is 7.82. The molecular formula is C44H35NO5. The van der Waals surface area contributed by atoms with E-state index in [0.717, 1.165) is 50.8 Å². The van der Waals surface area contributed by atoms with Crippen molar-refractivity contribution in [2.24, 2.45) is 0 Å². The monoisotopic (exact) mass is 657 g/mol. The molecule has 0 unspecified atom stereocenters. The Kier molecular flexibility index (Phi) is 10.0. The first kappa shape index (κ1) is 33.2. The molecule has 246 valence electrons. The van der Waals surface area contributed by atoms with Crippen LogP contribution in [-0.4, -0.2) is 11.9 Å². The van der Waals surface area contributed by atoms with E-state index in [9.17, 15) is 9.59 Å². The van der Waals surface area contributed by atoms with Crippen LogP contribution < -0.4 is 19.1 Å². The van der Waals surface area contributed by atoms with Gasteiger partial charge in [-0.3, -0.25) is 0 Å². The van der Waals surface area contributed by atoms with Crippen molar-refractivity contribution in [2.75, 3.05) is 4.90 Å². The number of esters is 2. The topological polar surface area (TPSA) is 65.1 Å². The van der Waals surface area contributed by atoms with E-state index in [4.69, 9.17) is 14.2 Å². The lowest BCUT2D eigenvalue weighted by Crippen LogP contribution is -2.09. The van der Waals surface area contributed by atoms with Gasteiger partial charge in [0.25, 0.3) is 0 Å². The van der Waals surface area contributed by atoms with E-state index < -0.39 is 11.9 Å². The summed E-state index contributed by atoms with van der Waals surface area (Å²) in [6.07, 6.45) is 0. The van der Waals surface area contributed by atoms with Gasteiger partial charge in [0.15, 0.2) is 0 Å². The molecule has 6 rings (SSSR count). The van der Waals surface area contributed by atoms with E-state index in [1.807, 2.05) is 78.9 Å². The van der Waals surface area contributed by atoms with E-state index in [1.165, 1.54) is 0 Å². The summed E-state index contributed by atoms with van der Waals surface area (Å²) in [5.41, 5.74) is 7.60. The molecule has 0 aliphatic carbocycles. The molecule has 50 heavy (non-hydrogen) atoms. The highest BCUT2D eigenvalue weighted by Gasteiger charge is 2.15. The minimum atomic E-state index is -0.450.